The number of ether oxygens (including phenoxy) is 3. The Morgan fingerprint density at radius 2 is 1.86 bits per heavy atom. The molecule has 0 bridgehead atoms. The van der Waals surface area contributed by atoms with Crippen LogP contribution in [-0.2, 0) is 16.4 Å². The summed E-state index contributed by atoms with van der Waals surface area (Å²) in [5, 5.41) is 4.01. The molecule has 0 N–H and O–H groups in total. The summed E-state index contributed by atoms with van der Waals surface area (Å²) < 4.78 is 46.5. The van der Waals surface area contributed by atoms with Crippen LogP contribution < -0.4 is 14.2 Å². The third kappa shape index (κ3) is 5.12. The smallest absolute Gasteiger partial charge is 0.276 e. The number of carbonyl (C=O) groups is 1. The van der Waals surface area contributed by atoms with Gasteiger partial charge in [-0.15, -0.1) is 0 Å². The van der Waals surface area contributed by atoms with E-state index in [0.29, 0.717) is 49.1 Å². The third-order valence-electron chi connectivity index (χ3n) is 6.05. The van der Waals surface area contributed by atoms with Crippen LogP contribution in [0.1, 0.15) is 29.4 Å². The zero-order chi connectivity index (χ0) is 24.4. The van der Waals surface area contributed by atoms with Crippen molar-refractivity contribution in [3.8, 4) is 28.6 Å². The zero-order valence-electron chi connectivity index (χ0n) is 19.3. The number of hydrogen-bond donors (Lipinski definition) is 0. The molecular weight excluding hydrogens is 472 g/mol. The van der Waals surface area contributed by atoms with E-state index in [-0.39, 0.29) is 29.7 Å². The van der Waals surface area contributed by atoms with E-state index in [1.165, 1.54) is 0 Å². The van der Waals surface area contributed by atoms with E-state index in [9.17, 15) is 13.2 Å². The van der Waals surface area contributed by atoms with Gasteiger partial charge in [0.2, 0.25) is 0 Å². The highest BCUT2D eigenvalue weighted by Crippen LogP contribution is 2.35. The maximum atomic E-state index is 13.5. The van der Waals surface area contributed by atoms with Crippen LogP contribution in [0.15, 0.2) is 53.1 Å². The molecule has 0 aliphatic carbocycles. The number of amides is 1. The molecule has 1 atom stereocenters. The minimum Gasteiger partial charge on any atom is -0.494 e. The fourth-order valence-corrected chi connectivity index (χ4v) is 6.03. The molecule has 5 rings (SSSR count). The molecular formula is C25H26N2O7S. The Hall–Kier alpha value is -3.53. The van der Waals surface area contributed by atoms with Crippen LogP contribution in [0.3, 0.4) is 0 Å². The van der Waals surface area contributed by atoms with Gasteiger partial charge >= 0.3 is 0 Å². The molecule has 2 aromatic carbocycles. The van der Waals surface area contributed by atoms with Crippen LogP contribution in [0, 0.1) is 0 Å². The van der Waals surface area contributed by atoms with Gasteiger partial charge in [-0.1, -0.05) is 17.3 Å². The standard InChI is InChI=1S/C25H26N2O7S/c1-2-31-20-6-3-17(4-7-20)15-27(19-9-12-35(29,30)16-19)25(28)21-14-23(34-26-21)18-5-8-22-24(13-18)33-11-10-32-22/h3-8,13-14,19H,2,9-12,15-16H2,1H3/t19-/m1/s1. The molecule has 1 amide bonds. The van der Waals surface area contributed by atoms with Crippen LogP contribution in [0.2, 0.25) is 0 Å². The van der Waals surface area contributed by atoms with Gasteiger partial charge in [0.25, 0.3) is 5.91 Å². The second kappa shape index (κ2) is 9.61. The van der Waals surface area contributed by atoms with Crippen LogP contribution in [0.25, 0.3) is 11.3 Å². The Morgan fingerprint density at radius 1 is 1.09 bits per heavy atom. The maximum absolute atomic E-state index is 13.5. The van der Waals surface area contributed by atoms with E-state index in [0.717, 1.165) is 11.3 Å². The number of aromatic nitrogens is 1. The first-order valence-corrected chi connectivity index (χ1v) is 13.3. The van der Waals surface area contributed by atoms with E-state index in [2.05, 4.69) is 5.16 Å². The summed E-state index contributed by atoms with van der Waals surface area (Å²) in [5.74, 6) is 2.01. The number of rotatable bonds is 7. The number of sulfone groups is 1. The van der Waals surface area contributed by atoms with Gasteiger partial charge in [-0.3, -0.25) is 4.79 Å². The monoisotopic (exact) mass is 498 g/mol. The van der Waals surface area contributed by atoms with E-state index in [1.54, 1.807) is 23.1 Å². The van der Waals surface area contributed by atoms with Crippen molar-refractivity contribution < 1.29 is 31.9 Å². The summed E-state index contributed by atoms with van der Waals surface area (Å²) in [7, 11) is -3.19. The molecule has 2 aliphatic rings. The van der Waals surface area contributed by atoms with Crippen molar-refractivity contribution in [1.82, 2.24) is 10.1 Å². The lowest BCUT2D eigenvalue weighted by Gasteiger charge is -2.27. The molecule has 1 aromatic heterocycles. The van der Waals surface area contributed by atoms with Crippen molar-refractivity contribution in [3.05, 3.63) is 59.8 Å². The number of carbonyl (C=O) groups excluding carboxylic acids is 1. The first-order valence-electron chi connectivity index (χ1n) is 11.5. The number of benzene rings is 2. The molecule has 35 heavy (non-hydrogen) atoms. The van der Waals surface area contributed by atoms with Crippen molar-refractivity contribution >= 4 is 15.7 Å². The highest BCUT2D eigenvalue weighted by molar-refractivity contribution is 7.91. The van der Waals surface area contributed by atoms with Gasteiger partial charge in [0.15, 0.2) is 32.8 Å². The lowest BCUT2D eigenvalue weighted by molar-refractivity contribution is 0.0670. The van der Waals surface area contributed by atoms with Gasteiger partial charge in [-0.25, -0.2) is 8.42 Å². The Labute approximate surface area is 203 Å². The van der Waals surface area contributed by atoms with Gasteiger partial charge in [0, 0.05) is 24.2 Å². The van der Waals surface area contributed by atoms with Crippen LogP contribution in [-0.4, -0.2) is 61.7 Å². The van der Waals surface area contributed by atoms with E-state index < -0.39 is 15.9 Å². The van der Waals surface area contributed by atoms with Crippen molar-refractivity contribution in [1.29, 1.82) is 0 Å². The van der Waals surface area contributed by atoms with Gasteiger partial charge in [-0.05, 0) is 49.2 Å². The largest absolute Gasteiger partial charge is 0.494 e. The van der Waals surface area contributed by atoms with E-state index in [1.807, 2.05) is 37.3 Å². The Kier molecular flexibility index (Phi) is 6.38. The Bertz CT molecular complexity index is 1320. The molecule has 9 nitrogen and oxygen atoms in total. The topological polar surface area (TPSA) is 108 Å². The van der Waals surface area contributed by atoms with E-state index >= 15 is 0 Å². The molecule has 0 unspecified atom stereocenters. The van der Waals surface area contributed by atoms with Crippen molar-refractivity contribution in [2.24, 2.45) is 0 Å². The average molecular weight is 499 g/mol. The molecule has 1 saturated heterocycles. The third-order valence-corrected chi connectivity index (χ3v) is 7.80. The lowest BCUT2D eigenvalue weighted by Crippen LogP contribution is -2.40. The molecule has 2 aliphatic heterocycles. The summed E-state index contributed by atoms with van der Waals surface area (Å²) in [6.07, 6.45) is 0.387. The Balaban J connectivity index is 1.40. The van der Waals surface area contributed by atoms with Crippen LogP contribution in [0.5, 0.6) is 17.2 Å². The van der Waals surface area contributed by atoms with E-state index in [4.69, 9.17) is 18.7 Å². The highest BCUT2D eigenvalue weighted by Gasteiger charge is 2.36. The predicted octanol–water partition coefficient (Wildman–Crippen LogP) is 3.34. The summed E-state index contributed by atoms with van der Waals surface area (Å²) >= 11 is 0. The summed E-state index contributed by atoms with van der Waals surface area (Å²) in [6.45, 7) is 3.67. The van der Waals surface area contributed by atoms with Crippen molar-refractivity contribution in [2.45, 2.75) is 25.9 Å². The first kappa shape index (κ1) is 23.2. The SMILES string of the molecule is CCOc1ccc(CN(C(=O)c2cc(-c3ccc4c(c3)OCCO4)on2)[C@@H]2CCS(=O)(=O)C2)cc1. The quantitative estimate of drug-likeness (QED) is 0.488. The molecule has 10 heteroatoms. The lowest BCUT2D eigenvalue weighted by atomic mass is 10.1. The van der Waals surface area contributed by atoms with Crippen LogP contribution >= 0.6 is 0 Å². The van der Waals surface area contributed by atoms with Gasteiger partial charge in [0.05, 0.1) is 18.1 Å². The highest BCUT2D eigenvalue weighted by atomic mass is 32.2. The number of nitrogens with zero attached hydrogens (tertiary/aromatic N) is 2. The zero-order valence-corrected chi connectivity index (χ0v) is 20.1. The molecule has 184 valence electrons. The van der Waals surface area contributed by atoms with Crippen LogP contribution in [0.4, 0.5) is 0 Å². The van der Waals surface area contributed by atoms with Crippen molar-refractivity contribution in [2.75, 3.05) is 31.3 Å². The molecule has 0 spiro atoms. The second-order valence-corrected chi connectivity index (χ2v) is 10.7. The van der Waals surface area contributed by atoms with Gasteiger partial charge < -0.3 is 23.6 Å². The normalized spacial score (nSPS) is 18.3. The minimum absolute atomic E-state index is 0.0615. The summed E-state index contributed by atoms with van der Waals surface area (Å²) in [6, 6.07) is 13.9. The molecule has 3 aromatic rings. The number of hydrogen-bond acceptors (Lipinski definition) is 8. The fourth-order valence-electron chi connectivity index (χ4n) is 4.30. The molecule has 3 heterocycles. The predicted molar refractivity (Wildman–Crippen MR) is 127 cm³/mol. The maximum Gasteiger partial charge on any atom is 0.276 e. The molecule has 0 saturated carbocycles. The minimum atomic E-state index is -3.19. The number of fused-ring (bicyclic) bond motifs is 1. The second-order valence-electron chi connectivity index (χ2n) is 8.50. The molecule has 1 fully saturated rings. The fraction of sp³-hybridized carbons (Fsp3) is 0.360. The van der Waals surface area contributed by atoms with Gasteiger partial charge in [0.1, 0.15) is 19.0 Å². The molecule has 0 radical (unpaired) electrons. The average Bonchev–Trinajstić information content (AvgIpc) is 3.50. The Morgan fingerprint density at radius 3 is 2.57 bits per heavy atom. The van der Waals surface area contributed by atoms with Crippen molar-refractivity contribution in [3.63, 3.8) is 0 Å². The first-order chi connectivity index (χ1) is 16.9. The summed E-state index contributed by atoms with van der Waals surface area (Å²) in [5.41, 5.74) is 1.68. The summed E-state index contributed by atoms with van der Waals surface area (Å²) in [4.78, 5) is 15.1. The van der Waals surface area contributed by atoms with Gasteiger partial charge in [-0.2, -0.15) is 0 Å².